The van der Waals surface area contributed by atoms with Crippen molar-refractivity contribution in [2.45, 2.75) is 0 Å². The summed E-state index contributed by atoms with van der Waals surface area (Å²) in [5.74, 6) is 1.08. The number of rotatable bonds is 4. The molecule has 0 amide bonds. The number of anilines is 1. The Morgan fingerprint density at radius 3 is 2.35 bits per heavy atom. The van der Waals surface area contributed by atoms with Crippen LogP contribution in [0.15, 0.2) is 71.7 Å². The Kier molecular flexibility index (Phi) is 4.19. The Morgan fingerprint density at radius 1 is 1.00 bits per heavy atom. The van der Waals surface area contributed by atoms with Crippen LogP contribution in [0.2, 0.25) is 0 Å². The molecule has 1 aliphatic heterocycles. The van der Waals surface area contributed by atoms with Gasteiger partial charge in [0.25, 0.3) is 0 Å². The van der Waals surface area contributed by atoms with Crippen molar-refractivity contribution in [3.05, 3.63) is 72.3 Å². The topological polar surface area (TPSA) is 24.4 Å². The zero-order valence-corrected chi connectivity index (χ0v) is 11.9. The summed E-state index contributed by atoms with van der Waals surface area (Å²) < 4.78 is 0. The van der Waals surface area contributed by atoms with Crippen LogP contribution in [-0.4, -0.2) is 17.3 Å². The van der Waals surface area contributed by atoms with Crippen molar-refractivity contribution in [3.63, 3.8) is 0 Å². The van der Waals surface area contributed by atoms with Gasteiger partial charge in [0.05, 0.1) is 5.04 Å². The van der Waals surface area contributed by atoms with E-state index in [2.05, 4.69) is 52.8 Å². The molecule has 1 N–H and O–H groups in total. The molecule has 100 valence electrons. The third kappa shape index (κ3) is 3.31. The summed E-state index contributed by atoms with van der Waals surface area (Å²) in [6, 6.07) is 20.6. The molecule has 0 aliphatic carbocycles. The van der Waals surface area contributed by atoms with Crippen molar-refractivity contribution in [2.75, 3.05) is 17.6 Å². The second-order valence-corrected chi connectivity index (χ2v) is 5.60. The van der Waals surface area contributed by atoms with Gasteiger partial charge in [-0.25, -0.2) is 0 Å². The number of aliphatic imine (C=N–C) groups is 1. The second kappa shape index (κ2) is 6.44. The van der Waals surface area contributed by atoms with E-state index in [0.29, 0.717) is 0 Å². The van der Waals surface area contributed by atoms with Crippen molar-refractivity contribution in [1.82, 2.24) is 0 Å². The molecule has 2 aromatic rings. The highest BCUT2D eigenvalue weighted by Crippen LogP contribution is 2.22. The standard InChI is InChI=1S/C17H16N2S/c1-3-7-14(8-4-1)16(13-17-18-11-12-20-17)19-15-9-5-2-6-10-15/h1-10,13,19H,11-12H2. The molecule has 0 saturated heterocycles. The molecule has 0 saturated carbocycles. The molecule has 2 nitrogen and oxygen atoms in total. The third-order valence-corrected chi connectivity index (χ3v) is 3.94. The van der Waals surface area contributed by atoms with Crippen LogP contribution in [0.1, 0.15) is 5.56 Å². The van der Waals surface area contributed by atoms with Gasteiger partial charge in [-0.2, -0.15) is 0 Å². The van der Waals surface area contributed by atoms with Crippen LogP contribution in [0, 0.1) is 0 Å². The van der Waals surface area contributed by atoms with E-state index < -0.39 is 0 Å². The summed E-state index contributed by atoms with van der Waals surface area (Å²) in [6.07, 6.45) is 2.14. The summed E-state index contributed by atoms with van der Waals surface area (Å²) in [6.45, 7) is 0.921. The van der Waals surface area contributed by atoms with Gasteiger partial charge in [-0.3, -0.25) is 4.99 Å². The number of hydrogen-bond donors (Lipinski definition) is 1. The first-order valence-corrected chi connectivity index (χ1v) is 7.67. The van der Waals surface area contributed by atoms with Gasteiger partial charge < -0.3 is 5.32 Å². The van der Waals surface area contributed by atoms with E-state index in [-0.39, 0.29) is 0 Å². The zero-order chi connectivity index (χ0) is 13.6. The van der Waals surface area contributed by atoms with Crippen LogP contribution >= 0.6 is 11.8 Å². The molecule has 0 aromatic heterocycles. The lowest BCUT2D eigenvalue weighted by molar-refractivity contribution is 1.18. The lowest BCUT2D eigenvalue weighted by atomic mass is 10.1. The smallest absolute Gasteiger partial charge is 0.0926 e. The van der Waals surface area contributed by atoms with Crippen LogP contribution in [0.4, 0.5) is 5.69 Å². The molecule has 20 heavy (non-hydrogen) atoms. The van der Waals surface area contributed by atoms with Gasteiger partial charge in [0.1, 0.15) is 0 Å². The molecule has 1 heterocycles. The lowest BCUT2D eigenvalue weighted by Crippen LogP contribution is -2.00. The Hall–Kier alpha value is -2.00. The molecule has 3 heteroatoms. The lowest BCUT2D eigenvalue weighted by Gasteiger charge is -2.11. The quantitative estimate of drug-likeness (QED) is 0.903. The number of thioether (sulfide) groups is 1. The van der Waals surface area contributed by atoms with E-state index in [1.807, 2.05) is 36.0 Å². The van der Waals surface area contributed by atoms with Gasteiger partial charge in [-0.15, -0.1) is 11.8 Å². The van der Waals surface area contributed by atoms with E-state index in [1.165, 1.54) is 5.56 Å². The Labute approximate surface area is 123 Å². The molecule has 0 radical (unpaired) electrons. The van der Waals surface area contributed by atoms with Crippen LogP contribution in [-0.2, 0) is 0 Å². The SMILES string of the molecule is C(=C(Nc1ccccc1)c1ccccc1)C1=NCCS1. The summed E-state index contributed by atoms with van der Waals surface area (Å²) in [7, 11) is 0. The third-order valence-electron chi connectivity index (χ3n) is 3.01. The second-order valence-electron chi connectivity index (χ2n) is 4.48. The number of nitrogens with zero attached hydrogens (tertiary/aromatic N) is 1. The van der Waals surface area contributed by atoms with Crippen LogP contribution in [0.3, 0.4) is 0 Å². The maximum Gasteiger partial charge on any atom is 0.0926 e. The predicted molar refractivity (Wildman–Crippen MR) is 89.2 cm³/mol. The van der Waals surface area contributed by atoms with Crippen molar-refractivity contribution >= 4 is 28.2 Å². The van der Waals surface area contributed by atoms with E-state index >= 15 is 0 Å². The van der Waals surface area contributed by atoms with E-state index in [4.69, 9.17) is 0 Å². The Morgan fingerprint density at radius 2 is 1.70 bits per heavy atom. The molecule has 0 spiro atoms. The van der Waals surface area contributed by atoms with Crippen LogP contribution < -0.4 is 5.32 Å². The molecule has 0 atom stereocenters. The van der Waals surface area contributed by atoms with Crippen molar-refractivity contribution in [2.24, 2.45) is 4.99 Å². The minimum Gasteiger partial charge on any atom is -0.355 e. The average Bonchev–Trinajstić information content (AvgIpc) is 3.02. The molecular weight excluding hydrogens is 264 g/mol. The highest BCUT2D eigenvalue weighted by atomic mass is 32.2. The molecule has 0 unspecified atom stereocenters. The molecular formula is C17H16N2S. The Bertz CT molecular complexity index is 618. The minimum absolute atomic E-state index is 0.921. The van der Waals surface area contributed by atoms with Gasteiger partial charge >= 0.3 is 0 Å². The first-order valence-electron chi connectivity index (χ1n) is 6.68. The van der Waals surface area contributed by atoms with Crippen LogP contribution in [0.5, 0.6) is 0 Å². The zero-order valence-electron chi connectivity index (χ0n) is 11.1. The van der Waals surface area contributed by atoms with Crippen molar-refractivity contribution in [3.8, 4) is 0 Å². The normalized spacial score (nSPS) is 15.0. The predicted octanol–water partition coefficient (Wildman–Crippen LogP) is 4.28. The summed E-state index contributed by atoms with van der Waals surface area (Å²) in [4.78, 5) is 4.51. The van der Waals surface area contributed by atoms with Gasteiger partial charge in [-0.05, 0) is 23.8 Å². The van der Waals surface area contributed by atoms with E-state index in [0.717, 1.165) is 28.7 Å². The summed E-state index contributed by atoms with van der Waals surface area (Å²) in [5.41, 5.74) is 3.35. The number of nitrogens with one attached hydrogen (secondary N) is 1. The average molecular weight is 280 g/mol. The fourth-order valence-corrected chi connectivity index (χ4v) is 2.82. The largest absolute Gasteiger partial charge is 0.355 e. The summed E-state index contributed by atoms with van der Waals surface area (Å²) >= 11 is 1.81. The highest BCUT2D eigenvalue weighted by Gasteiger charge is 2.08. The Balaban J connectivity index is 1.91. The molecule has 0 bridgehead atoms. The van der Waals surface area contributed by atoms with Crippen molar-refractivity contribution < 1.29 is 0 Å². The van der Waals surface area contributed by atoms with Gasteiger partial charge in [-0.1, -0.05) is 48.5 Å². The van der Waals surface area contributed by atoms with E-state index in [9.17, 15) is 0 Å². The van der Waals surface area contributed by atoms with E-state index in [1.54, 1.807) is 0 Å². The van der Waals surface area contributed by atoms with Gasteiger partial charge in [0.15, 0.2) is 0 Å². The first kappa shape index (κ1) is 13.0. The maximum atomic E-state index is 4.51. The highest BCUT2D eigenvalue weighted by molar-refractivity contribution is 8.14. The van der Waals surface area contributed by atoms with Crippen LogP contribution in [0.25, 0.3) is 5.70 Å². The molecule has 2 aromatic carbocycles. The maximum absolute atomic E-state index is 4.51. The fraction of sp³-hybridized carbons (Fsp3) is 0.118. The molecule has 3 rings (SSSR count). The first-order chi connectivity index (χ1) is 9.92. The van der Waals surface area contributed by atoms with Crippen molar-refractivity contribution in [1.29, 1.82) is 0 Å². The monoisotopic (exact) mass is 280 g/mol. The number of benzene rings is 2. The summed E-state index contributed by atoms with van der Waals surface area (Å²) in [5, 5.41) is 4.59. The number of hydrogen-bond acceptors (Lipinski definition) is 3. The molecule has 0 fully saturated rings. The minimum atomic E-state index is 0.921. The van der Waals surface area contributed by atoms with Gasteiger partial charge in [0.2, 0.25) is 0 Å². The number of para-hydroxylation sites is 1. The molecule has 1 aliphatic rings. The van der Waals surface area contributed by atoms with Gasteiger partial charge in [0, 0.05) is 23.7 Å². The fourth-order valence-electron chi connectivity index (χ4n) is 2.05.